The van der Waals surface area contributed by atoms with Crippen LogP contribution < -0.4 is 0 Å². The van der Waals surface area contributed by atoms with Crippen LogP contribution >= 0.6 is 0 Å². The normalized spacial score (nSPS) is 22.4. The van der Waals surface area contributed by atoms with Crippen LogP contribution in [-0.4, -0.2) is 5.78 Å². The van der Waals surface area contributed by atoms with E-state index in [-0.39, 0.29) is 5.78 Å². The number of hydrogen-bond acceptors (Lipinski definition) is 1. The first-order valence-corrected chi connectivity index (χ1v) is 4.00. The Labute approximate surface area is 66.1 Å². The Morgan fingerprint density at radius 3 is 3.09 bits per heavy atom. The standard InChI is InChI=1S/C10H10O/c11-10-7-3-5-8-4-1-2-6-9(8)10/h3,5-7H,1-2,4H2. The van der Waals surface area contributed by atoms with E-state index < -0.39 is 0 Å². The van der Waals surface area contributed by atoms with Gasteiger partial charge in [0.15, 0.2) is 5.78 Å². The van der Waals surface area contributed by atoms with Gasteiger partial charge in [-0.05, 0) is 30.9 Å². The summed E-state index contributed by atoms with van der Waals surface area (Å²) < 4.78 is 0. The highest BCUT2D eigenvalue weighted by atomic mass is 16.1. The Morgan fingerprint density at radius 1 is 1.36 bits per heavy atom. The monoisotopic (exact) mass is 146 g/mol. The molecule has 2 aliphatic rings. The molecule has 0 aromatic rings. The van der Waals surface area contributed by atoms with Crippen LogP contribution in [0.3, 0.4) is 0 Å². The molecule has 2 rings (SSSR count). The van der Waals surface area contributed by atoms with Crippen molar-refractivity contribution in [3.8, 4) is 0 Å². The Balaban J connectivity index is 2.43. The molecule has 0 saturated heterocycles. The van der Waals surface area contributed by atoms with Gasteiger partial charge >= 0.3 is 0 Å². The first-order valence-electron chi connectivity index (χ1n) is 4.00. The summed E-state index contributed by atoms with van der Waals surface area (Å²) in [5, 5.41) is 0. The molecule has 0 fully saturated rings. The zero-order valence-electron chi connectivity index (χ0n) is 6.34. The van der Waals surface area contributed by atoms with Crippen LogP contribution in [0.2, 0.25) is 0 Å². The fourth-order valence-electron chi connectivity index (χ4n) is 1.58. The summed E-state index contributed by atoms with van der Waals surface area (Å²) >= 11 is 0. The van der Waals surface area contributed by atoms with Gasteiger partial charge in [0.2, 0.25) is 0 Å². The van der Waals surface area contributed by atoms with Gasteiger partial charge in [0.1, 0.15) is 0 Å². The SMILES string of the molecule is O=C1C=CC=C2CCCC=C12. The molecule has 0 aromatic heterocycles. The lowest BCUT2D eigenvalue weighted by Crippen LogP contribution is -2.08. The first kappa shape index (κ1) is 6.59. The smallest absolute Gasteiger partial charge is 0.185 e. The summed E-state index contributed by atoms with van der Waals surface area (Å²) in [6.45, 7) is 0. The van der Waals surface area contributed by atoms with E-state index in [1.807, 2.05) is 12.2 Å². The quantitative estimate of drug-likeness (QED) is 0.511. The van der Waals surface area contributed by atoms with Crippen LogP contribution in [0.5, 0.6) is 0 Å². The largest absolute Gasteiger partial charge is 0.289 e. The first-order chi connectivity index (χ1) is 5.38. The predicted molar refractivity (Wildman–Crippen MR) is 44.2 cm³/mol. The fourth-order valence-corrected chi connectivity index (χ4v) is 1.58. The maximum Gasteiger partial charge on any atom is 0.185 e. The number of allylic oxidation sites excluding steroid dienone is 6. The molecule has 0 atom stereocenters. The van der Waals surface area contributed by atoms with Crippen LogP contribution in [0.25, 0.3) is 0 Å². The molecule has 56 valence electrons. The average molecular weight is 146 g/mol. The van der Waals surface area contributed by atoms with Crippen molar-refractivity contribution in [2.75, 3.05) is 0 Å². The third-order valence-corrected chi connectivity index (χ3v) is 2.16. The highest BCUT2D eigenvalue weighted by Crippen LogP contribution is 2.26. The highest BCUT2D eigenvalue weighted by Gasteiger charge is 2.16. The molecule has 0 aliphatic heterocycles. The predicted octanol–water partition coefficient (Wildman–Crippen LogP) is 2.16. The topological polar surface area (TPSA) is 17.1 Å². The second-order valence-corrected chi connectivity index (χ2v) is 2.93. The van der Waals surface area contributed by atoms with Gasteiger partial charge in [-0.3, -0.25) is 4.79 Å². The van der Waals surface area contributed by atoms with Crippen LogP contribution in [0, 0.1) is 0 Å². The Hall–Kier alpha value is -1.11. The van der Waals surface area contributed by atoms with Gasteiger partial charge in [-0.1, -0.05) is 18.2 Å². The van der Waals surface area contributed by atoms with Crippen molar-refractivity contribution in [2.45, 2.75) is 19.3 Å². The Kier molecular flexibility index (Phi) is 1.50. The lowest BCUT2D eigenvalue weighted by molar-refractivity contribution is -0.111. The zero-order valence-corrected chi connectivity index (χ0v) is 6.34. The molecule has 0 N–H and O–H groups in total. The number of rotatable bonds is 0. The number of hydrogen-bond donors (Lipinski definition) is 0. The van der Waals surface area contributed by atoms with Crippen LogP contribution in [0.15, 0.2) is 35.5 Å². The molecule has 0 radical (unpaired) electrons. The van der Waals surface area contributed by atoms with Crippen molar-refractivity contribution >= 4 is 5.78 Å². The summed E-state index contributed by atoms with van der Waals surface area (Å²) in [4.78, 5) is 11.2. The van der Waals surface area contributed by atoms with E-state index in [1.54, 1.807) is 6.08 Å². The van der Waals surface area contributed by atoms with E-state index in [0.29, 0.717) is 0 Å². The number of carbonyl (C=O) groups excluding carboxylic acids is 1. The van der Waals surface area contributed by atoms with E-state index >= 15 is 0 Å². The molecule has 0 saturated carbocycles. The zero-order chi connectivity index (χ0) is 7.68. The average Bonchev–Trinajstić information content (AvgIpc) is 2.06. The van der Waals surface area contributed by atoms with E-state index in [1.165, 1.54) is 12.0 Å². The highest BCUT2D eigenvalue weighted by molar-refractivity contribution is 6.08. The van der Waals surface area contributed by atoms with Crippen LogP contribution in [-0.2, 0) is 4.79 Å². The van der Waals surface area contributed by atoms with Crippen molar-refractivity contribution in [1.29, 1.82) is 0 Å². The second-order valence-electron chi connectivity index (χ2n) is 2.93. The lowest BCUT2D eigenvalue weighted by atomic mass is 9.88. The van der Waals surface area contributed by atoms with Crippen molar-refractivity contribution in [3.05, 3.63) is 35.5 Å². The molecule has 0 amide bonds. The van der Waals surface area contributed by atoms with E-state index in [2.05, 4.69) is 6.08 Å². The molecule has 0 unspecified atom stereocenters. The molecule has 0 spiro atoms. The number of ketones is 1. The third-order valence-electron chi connectivity index (χ3n) is 2.16. The van der Waals surface area contributed by atoms with E-state index in [0.717, 1.165) is 18.4 Å². The van der Waals surface area contributed by atoms with E-state index in [4.69, 9.17) is 0 Å². The summed E-state index contributed by atoms with van der Waals surface area (Å²) in [5.41, 5.74) is 2.17. The third kappa shape index (κ3) is 1.07. The van der Waals surface area contributed by atoms with Crippen molar-refractivity contribution in [1.82, 2.24) is 0 Å². The van der Waals surface area contributed by atoms with Crippen LogP contribution in [0.1, 0.15) is 19.3 Å². The lowest BCUT2D eigenvalue weighted by Gasteiger charge is -2.16. The summed E-state index contributed by atoms with van der Waals surface area (Å²) in [7, 11) is 0. The Bertz CT molecular complexity index is 279. The summed E-state index contributed by atoms with van der Waals surface area (Å²) in [6.07, 6.45) is 10.9. The summed E-state index contributed by atoms with van der Waals surface area (Å²) in [5.74, 6) is 0.183. The molecule has 11 heavy (non-hydrogen) atoms. The molecule has 0 aromatic carbocycles. The maximum atomic E-state index is 11.2. The fraction of sp³-hybridized carbons (Fsp3) is 0.300. The molecule has 2 aliphatic carbocycles. The van der Waals surface area contributed by atoms with Gasteiger partial charge in [-0.2, -0.15) is 0 Å². The van der Waals surface area contributed by atoms with Gasteiger partial charge in [-0.25, -0.2) is 0 Å². The van der Waals surface area contributed by atoms with Gasteiger partial charge in [0.25, 0.3) is 0 Å². The number of fused-ring (bicyclic) bond motifs is 1. The Morgan fingerprint density at radius 2 is 2.27 bits per heavy atom. The van der Waals surface area contributed by atoms with Crippen molar-refractivity contribution in [2.24, 2.45) is 0 Å². The molecular formula is C10H10O. The van der Waals surface area contributed by atoms with Gasteiger partial charge < -0.3 is 0 Å². The summed E-state index contributed by atoms with van der Waals surface area (Å²) in [6, 6.07) is 0. The minimum absolute atomic E-state index is 0.183. The van der Waals surface area contributed by atoms with Crippen LogP contribution in [0.4, 0.5) is 0 Å². The molecule has 1 nitrogen and oxygen atoms in total. The van der Waals surface area contributed by atoms with Gasteiger partial charge in [-0.15, -0.1) is 0 Å². The van der Waals surface area contributed by atoms with E-state index in [9.17, 15) is 4.79 Å². The van der Waals surface area contributed by atoms with Crippen molar-refractivity contribution in [3.63, 3.8) is 0 Å². The minimum atomic E-state index is 0.183. The van der Waals surface area contributed by atoms with Gasteiger partial charge in [0.05, 0.1) is 0 Å². The molecular weight excluding hydrogens is 136 g/mol. The molecule has 1 heteroatoms. The van der Waals surface area contributed by atoms with Crippen molar-refractivity contribution < 1.29 is 4.79 Å². The number of carbonyl (C=O) groups is 1. The second kappa shape index (κ2) is 2.50. The molecule has 0 bridgehead atoms. The van der Waals surface area contributed by atoms with Gasteiger partial charge in [0, 0.05) is 5.57 Å². The minimum Gasteiger partial charge on any atom is -0.289 e. The maximum absolute atomic E-state index is 11.2. The molecule has 0 heterocycles.